The third-order valence-corrected chi connectivity index (χ3v) is 3.86. The van der Waals surface area contributed by atoms with Gasteiger partial charge in [0.2, 0.25) is 0 Å². The lowest BCUT2D eigenvalue weighted by atomic mass is 9.97. The third-order valence-electron chi connectivity index (χ3n) is 3.26. The van der Waals surface area contributed by atoms with Crippen molar-refractivity contribution in [3.8, 4) is 16.9 Å². The molecule has 0 aromatic heterocycles. The van der Waals surface area contributed by atoms with Crippen LogP contribution < -0.4 is 4.74 Å². The fourth-order valence-corrected chi connectivity index (χ4v) is 2.63. The molecule has 122 valence electrons. The van der Waals surface area contributed by atoms with Crippen LogP contribution in [0, 0.1) is 10.1 Å². The molecule has 0 atom stereocenters. The molecule has 0 fully saturated rings. The Morgan fingerprint density at radius 2 is 1.87 bits per heavy atom. The van der Waals surface area contributed by atoms with Crippen LogP contribution in [0.1, 0.15) is 11.1 Å². The normalized spacial score (nSPS) is 11.3. The first kappa shape index (κ1) is 17.3. The second-order valence-corrected chi connectivity index (χ2v) is 5.21. The third kappa shape index (κ3) is 3.64. The van der Waals surface area contributed by atoms with Crippen LogP contribution in [0.5, 0.6) is 5.75 Å². The van der Waals surface area contributed by atoms with E-state index in [2.05, 4.69) is 15.9 Å². The van der Waals surface area contributed by atoms with Gasteiger partial charge in [-0.3, -0.25) is 10.1 Å². The van der Waals surface area contributed by atoms with Gasteiger partial charge in [-0.05, 0) is 29.3 Å². The van der Waals surface area contributed by atoms with Gasteiger partial charge in [0.15, 0.2) is 0 Å². The number of hydrogen-bond donors (Lipinski definition) is 0. The largest absolute Gasteiger partial charge is 0.496 e. The molecule has 0 saturated carbocycles. The van der Waals surface area contributed by atoms with Gasteiger partial charge in [-0.2, -0.15) is 13.2 Å². The van der Waals surface area contributed by atoms with Crippen molar-refractivity contribution < 1.29 is 22.8 Å². The maximum atomic E-state index is 12.8. The van der Waals surface area contributed by atoms with E-state index in [0.29, 0.717) is 22.4 Å². The number of nitrogens with zero attached hydrogens (tertiary/aromatic N) is 1. The van der Waals surface area contributed by atoms with Crippen molar-refractivity contribution in [1.29, 1.82) is 0 Å². The van der Waals surface area contributed by atoms with Gasteiger partial charge in [-0.15, -0.1) is 0 Å². The average Bonchev–Trinajstić information content (AvgIpc) is 2.52. The minimum absolute atomic E-state index is 0.165. The summed E-state index contributed by atoms with van der Waals surface area (Å²) in [6.45, 7) is 0. The lowest BCUT2D eigenvalue weighted by Crippen LogP contribution is -2.06. The van der Waals surface area contributed by atoms with Crippen molar-refractivity contribution in [1.82, 2.24) is 0 Å². The Kier molecular flexibility index (Phi) is 4.93. The molecule has 0 saturated heterocycles. The molecule has 0 N–H and O–H groups in total. The average molecular weight is 390 g/mol. The van der Waals surface area contributed by atoms with Crippen molar-refractivity contribution in [3.63, 3.8) is 0 Å². The van der Waals surface area contributed by atoms with Crippen LogP contribution in [0.4, 0.5) is 18.9 Å². The van der Waals surface area contributed by atoms with Crippen molar-refractivity contribution in [2.45, 2.75) is 11.5 Å². The molecule has 0 aliphatic rings. The van der Waals surface area contributed by atoms with Crippen LogP contribution >= 0.6 is 15.9 Å². The van der Waals surface area contributed by atoms with Crippen molar-refractivity contribution in [2.75, 3.05) is 7.11 Å². The summed E-state index contributed by atoms with van der Waals surface area (Å²) >= 11 is 3.16. The molecule has 2 aromatic carbocycles. The zero-order valence-electron chi connectivity index (χ0n) is 11.9. The molecule has 0 spiro atoms. The summed E-state index contributed by atoms with van der Waals surface area (Å²) in [7, 11) is 1.39. The highest BCUT2D eigenvalue weighted by Crippen LogP contribution is 2.38. The number of nitro groups is 1. The Morgan fingerprint density at radius 3 is 2.39 bits per heavy atom. The molecule has 0 radical (unpaired) electrons. The molecular formula is C15H11BrF3NO3. The van der Waals surface area contributed by atoms with Crippen LogP contribution in [0.25, 0.3) is 11.1 Å². The topological polar surface area (TPSA) is 52.4 Å². The van der Waals surface area contributed by atoms with Crippen LogP contribution in [0.3, 0.4) is 0 Å². The highest BCUT2D eigenvalue weighted by Gasteiger charge is 2.31. The molecule has 23 heavy (non-hydrogen) atoms. The Balaban J connectivity index is 2.66. The number of hydrogen-bond acceptors (Lipinski definition) is 3. The van der Waals surface area contributed by atoms with Gasteiger partial charge in [0.05, 0.1) is 17.6 Å². The summed E-state index contributed by atoms with van der Waals surface area (Å²) in [6, 6.07) is 7.24. The molecule has 0 unspecified atom stereocenters. The Morgan fingerprint density at radius 1 is 1.17 bits per heavy atom. The first-order valence-electron chi connectivity index (χ1n) is 6.36. The number of ether oxygens (including phenoxy) is 1. The standard InChI is InChI=1S/C15H11BrF3NO3/c1-23-14-5-3-11(20(21)22)7-13(14)12-4-2-10(15(17,18)19)6-9(12)8-16/h2-7H,8H2,1H3. The molecule has 2 rings (SSSR count). The zero-order chi connectivity index (χ0) is 17.2. The molecule has 2 aromatic rings. The fourth-order valence-electron chi connectivity index (χ4n) is 2.16. The molecule has 0 amide bonds. The van der Waals surface area contributed by atoms with E-state index in [1.165, 1.54) is 31.4 Å². The van der Waals surface area contributed by atoms with E-state index in [1.807, 2.05) is 0 Å². The number of rotatable bonds is 4. The summed E-state index contributed by atoms with van der Waals surface area (Å²) in [4.78, 5) is 10.4. The van der Waals surface area contributed by atoms with E-state index in [-0.39, 0.29) is 11.0 Å². The second-order valence-electron chi connectivity index (χ2n) is 4.65. The summed E-state index contributed by atoms with van der Waals surface area (Å²) in [5.74, 6) is 0.345. The van der Waals surface area contributed by atoms with Crippen molar-refractivity contribution >= 4 is 21.6 Å². The molecular weight excluding hydrogens is 379 g/mol. The van der Waals surface area contributed by atoms with Gasteiger partial charge >= 0.3 is 6.18 Å². The van der Waals surface area contributed by atoms with Crippen molar-refractivity contribution in [2.24, 2.45) is 0 Å². The van der Waals surface area contributed by atoms with Gasteiger partial charge in [-0.1, -0.05) is 22.0 Å². The number of alkyl halides is 4. The predicted octanol–water partition coefficient (Wildman–Crippen LogP) is 5.18. The first-order valence-corrected chi connectivity index (χ1v) is 7.49. The Labute approximate surface area is 138 Å². The summed E-state index contributed by atoms with van der Waals surface area (Å²) in [5.41, 5.74) is 0.222. The monoisotopic (exact) mass is 389 g/mol. The fraction of sp³-hybridized carbons (Fsp3) is 0.200. The number of methoxy groups -OCH3 is 1. The van der Waals surface area contributed by atoms with Gasteiger partial charge in [0.1, 0.15) is 5.75 Å². The highest BCUT2D eigenvalue weighted by atomic mass is 79.9. The number of nitro benzene ring substituents is 1. The molecule has 8 heteroatoms. The summed E-state index contributed by atoms with van der Waals surface area (Å²) < 4.78 is 43.6. The number of halogens is 4. The maximum Gasteiger partial charge on any atom is 0.416 e. The molecule has 0 aliphatic carbocycles. The lowest BCUT2D eigenvalue weighted by molar-refractivity contribution is -0.384. The van der Waals surface area contributed by atoms with E-state index in [9.17, 15) is 23.3 Å². The molecule has 0 bridgehead atoms. The van der Waals surface area contributed by atoms with Gasteiger partial charge in [0.25, 0.3) is 5.69 Å². The second kappa shape index (κ2) is 6.57. The van der Waals surface area contributed by atoms with E-state index in [0.717, 1.165) is 12.1 Å². The lowest BCUT2D eigenvalue weighted by Gasteiger charge is -2.14. The Hall–Kier alpha value is -2.09. The first-order chi connectivity index (χ1) is 10.8. The highest BCUT2D eigenvalue weighted by molar-refractivity contribution is 9.08. The molecule has 4 nitrogen and oxygen atoms in total. The van der Waals surface area contributed by atoms with Crippen LogP contribution in [0.2, 0.25) is 0 Å². The van der Waals surface area contributed by atoms with Crippen LogP contribution in [-0.4, -0.2) is 12.0 Å². The van der Waals surface area contributed by atoms with Gasteiger partial charge in [0, 0.05) is 23.0 Å². The molecule has 0 aliphatic heterocycles. The van der Waals surface area contributed by atoms with E-state index in [4.69, 9.17) is 4.74 Å². The van der Waals surface area contributed by atoms with E-state index in [1.54, 1.807) is 0 Å². The summed E-state index contributed by atoms with van der Waals surface area (Å²) in [6.07, 6.45) is -4.46. The summed E-state index contributed by atoms with van der Waals surface area (Å²) in [5, 5.41) is 11.1. The SMILES string of the molecule is COc1ccc([N+](=O)[O-])cc1-c1ccc(C(F)(F)F)cc1CBr. The maximum absolute atomic E-state index is 12.8. The van der Waals surface area contributed by atoms with Crippen LogP contribution in [0.15, 0.2) is 36.4 Å². The minimum Gasteiger partial charge on any atom is -0.496 e. The van der Waals surface area contributed by atoms with Crippen molar-refractivity contribution in [3.05, 3.63) is 57.6 Å². The van der Waals surface area contributed by atoms with E-state index < -0.39 is 16.7 Å². The Bertz CT molecular complexity index is 747. The van der Waals surface area contributed by atoms with Gasteiger partial charge < -0.3 is 4.74 Å². The molecule has 0 heterocycles. The van der Waals surface area contributed by atoms with Gasteiger partial charge in [-0.25, -0.2) is 0 Å². The van der Waals surface area contributed by atoms with Crippen LogP contribution in [-0.2, 0) is 11.5 Å². The minimum atomic E-state index is -4.46. The number of non-ortho nitro benzene ring substituents is 1. The van der Waals surface area contributed by atoms with E-state index >= 15 is 0 Å². The quantitative estimate of drug-likeness (QED) is 0.411. The smallest absolute Gasteiger partial charge is 0.416 e. The predicted molar refractivity (Wildman–Crippen MR) is 82.7 cm³/mol. The number of benzene rings is 2. The zero-order valence-corrected chi connectivity index (χ0v) is 13.4.